The molecule has 0 unspecified atom stereocenters. The average Bonchev–Trinajstić information content (AvgIpc) is 2.84. The average molecular weight is 287 g/mol. The molecule has 2 fully saturated rings. The van der Waals surface area contributed by atoms with E-state index in [1.165, 1.54) is 17.3 Å². The van der Waals surface area contributed by atoms with Gasteiger partial charge in [-0.1, -0.05) is 20.8 Å². The number of hydrogen-bond donors (Lipinski definition) is 0. The van der Waals surface area contributed by atoms with Crippen molar-refractivity contribution in [2.75, 3.05) is 0 Å². The second kappa shape index (κ2) is 3.79. The molecule has 2 aliphatic rings. The Kier molecular flexibility index (Phi) is 2.29. The zero-order valence-corrected chi connectivity index (χ0v) is 12.2. The quantitative estimate of drug-likeness (QED) is 0.828. The molecule has 3 atom stereocenters. The normalized spacial score (nSPS) is 32.9. The summed E-state index contributed by atoms with van der Waals surface area (Å²) in [6.45, 7) is 6.53. The van der Waals surface area contributed by atoms with Gasteiger partial charge in [0.05, 0.1) is 6.10 Å². The fraction of sp³-hybridized carbons (Fsp3) is 0.571. The van der Waals surface area contributed by atoms with Gasteiger partial charge in [0, 0.05) is 17.0 Å². The van der Waals surface area contributed by atoms with E-state index in [0.717, 1.165) is 6.42 Å². The number of rotatable bonds is 2. The molecule has 2 aromatic rings. The molecule has 0 radical (unpaired) electrons. The van der Waals surface area contributed by atoms with Gasteiger partial charge in [-0.2, -0.15) is 10.1 Å². The van der Waals surface area contributed by atoms with Crippen molar-refractivity contribution in [3.05, 3.63) is 35.4 Å². The summed E-state index contributed by atoms with van der Waals surface area (Å²) in [4.78, 5) is 20.3. The van der Waals surface area contributed by atoms with Crippen LogP contribution in [-0.4, -0.2) is 30.4 Å². The zero-order valence-electron chi connectivity index (χ0n) is 12.2. The van der Waals surface area contributed by atoms with E-state index < -0.39 is 0 Å². The Morgan fingerprint density at radius 3 is 2.76 bits per heavy atom. The SMILES string of the molecule is CC1(C)[C@H](n2ccc(-n3cncn3)nc2=O)O[C@@H]2C[C@@]21C. The summed E-state index contributed by atoms with van der Waals surface area (Å²) in [7, 11) is 0. The van der Waals surface area contributed by atoms with Gasteiger partial charge in [-0.05, 0) is 12.5 Å². The Hall–Kier alpha value is -2.02. The predicted octanol–water partition coefficient (Wildman–Crippen LogP) is 1.16. The first kappa shape index (κ1) is 12.7. The predicted molar refractivity (Wildman–Crippen MR) is 73.8 cm³/mol. The first-order chi connectivity index (χ1) is 9.93. The van der Waals surface area contributed by atoms with Crippen LogP contribution in [0.25, 0.3) is 5.82 Å². The van der Waals surface area contributed by atoms with Gasteiger partial charge in [0.1, 0.15) is 18.9 Å². The fourth-order valence-electron chi connectivity index (χ4n) is 3.26. The monoisotopic (exact) mass is 287 g/mol. The smallest absolute Gasteiger partial charge is 0.351 e. The highest BCUT2D eigenvalue weighted by molar-refractivity contribution is 5.19. The summed E-state index contributed by atoms with van der Waals surface area (Å²) in [5.41, 5.74) is -0.273. The van der Waals surface area contributed by atoms with Crippen molar-refractivity contribution in [1.82, 2.24) is 24.3 Å². The minimum Gasteiger partial charge on any atom is -0.353 e. The summed E-state index contributed by atoms with van der Waals surface area (Å²) in [5, 5.41) is 3.98. The molecule has 110 valence electrons. The summed E-state index contributed by atoms with van der Waals surface area (Å²) in [6.07, 6.45) is 5.69. The van der Waals surface area contributed by atoms with E-state index in [0.29, 0.717) is 5.82 Å². The van der Waals surface area contributed by atoms with E-state index in [1.54, 1.807) is 16.8 Å². The number of nitrogens with zero attached hydrogens (tertiary/aromatic N) is 5. The minimum absolute atomic E-state index is 0.0993. The molecule has 1 aliphatic heterocycles. The van der Waals surface area contributed by atoms with Crippen LogP contribution >= 0.6 is 0 Å². The van der Waals surface area contributed by atoms with E-state index in [1.807, 2.05) is 0 Å². The maximum Gasteiger partial charge on any atom is 0.351 e. The number of fused-ring (bicyclic) bond motifs is 1. The van der Waals surface area contributed by atoms with Crippen molar-refractivity contribution in [2.24, 2.45) is 10.8 Å². The molecular formula is C14H17N5O2. The Morgan fingerprint density at radius 1 is 1.38 bits per heavy atom. The third kappa shape index (κ3) is 1.58. The van der Waals surface area contributed by atoms with Crippen molar-refractivity contribution >= 4 is 0 Å². The highest BCUT2D eigenvalue weighted by Crippen LogP contribution is 2.70. The van der Waals surface area contributed by atoms with E-state index in [4.69, 9.17) is 4.74 Å². The summed E-state index contributed by atoms with van der Waals surface area (Å²) in [6, 6.07) is 1.75. The van der Waals surface area contributed by atoms with E-state index >= 15 is 0 Å². The molecule has 0 N–H and O–H groups in total. The molecular weight excluding hydrogens is 270 g/mol. The third-order valence-corrected chi connectivity index (χ3v) is 5.26. The first-order valence-corrected chi connectivity index (χ1v) is 7.03. The van der Waals surface area contributed by atoms with Gasteiger partial charge in [-0.15, -0.1) is 0 Å². The second-order valence-electron chi connectivity index (χ2n) is 6.64. The molecule has 21 heavy (non-hydrogen) atoms. The number of hydrogen-bond acceptors (Lipinski definition) is 5. The van der Waals surface area contributed by atoms with Crippen LogP contribution in [0.5, 0.6) is 0 Å². The molecule has 2 aromatic heterocycles. The van der Waals surface area contributed by atoms with Crippen LogP contribution in [0.3, 0.4) is 0 Å². The molecule has 3 heterocycles. The first-order valence-electron chi connectivity index (χ1n) is 7.03. The summed E-state index contributed by atoms with van der Waals surface area (Å²) in [5.74, 6) is 0.459. The van der Waals surface area contributed by atoms with E-state index in [-0.39, 0.29) is 28.9 Å². The van der Waals surface area contributed by atoms with Crippen LogP contribution in [-0.2, 0) is 4.74 Å². The molecule has 0 amide bonds. The number of aromatic nitrogens is 5. The number of ether oxygens (including phenoxy) is 1. The van der Waals surface area contributed by atoms with Gasteiger partial charge in [0.25, 0.3) is 0 Å². The standard InChI is InChI=1S/C14H17N5O2/c1-13(2)11(21-9-6-14(9,13)3)18-5-4-10(17-12(18)20)19-8-15-7-16-19/h4-5,7-9,11H,6H2,1-3H3/t9-,11-,14+/m1/s1. The summed E-state index contributed by atoms with van der Waals surface area (Å²) < 4.78 is 9.08. The van der Waals surface area contributed by atoms with Crippen LogP contribution in [0.15, 0.2) is 29.7 Å². The van der Waals surface area contributed by atoms with Gasteiger partial charge in [0.2, 0.25) is 0 Å². The highest BCUT2D eigenvalue weighted by Gasteiger charge is 2.70. The van der Waals surface area contributed by atoms with Gasteiger partial charge >= 0.3 is 5.69 Å². The molecule has 7 nitrogen and oxygen atoms in total. The second-order valence-corrected chi connectivity index (χ2v) is 6.64. The lowest BCUT2D eigenvalue weighted by Gasteiger charge is -2.33. The van der Waals surface area contributed by atoms with E-state index in [9.17, 15) is 4.79 Å². The molecule has 0 spiro atoms. The molecule has 0 aromatic carbocycles. The van der Waals surface area contributed by atoms with Crippen LogP contribution in [0.2, 0.25) is 0 Å². The van der Waals surface area contributed by atoms with Crippen LogP contribution in [0.4, 0.5) is 0 Å². The van der Waals surface area contributed by atoms with Crippen molar-refractivity contribution in [1.29, 1.82) is 0 Å². The van der Waals surface area contributed by atoms with Crippen LogP contribution < -0.4 is 5.69 Å². The fourth-order valence-corrected chi connectivity index (χ4v) is 3.26. The zero-order chi connectivity index (χ0) is 14.8. The Morgan fingerprint density at radius 2 is 2.19 bits per heavy atom. The van der Waals surface area contributed by atoms with Crippen molar-refractivity contribution in [2.45, 2.75) is 39.5 Å². The topological polar surface area (TPSA) is 74.8 Å². The molecule has 4 rings (SSSR count). The van der Waals surface area contributed by atoms with Crippen molar-refractivity contribution < 1.29 is 4.74 Å². The van der Waals surface area contributed by atoms with Crippen LogP contribution in [0.1, 0.15) is 33.4 Å². The Bertz CT molecular complexity index is 751. The maximum absolute atomic E-state index is 12.3. The maximum atomic E-state index is 12.3. The Labute approximate surface area is 121 Å². The lowest BCUT2D eigenvalue weighted by molar-refractivity contribution is -0.0424. The highest BCUT2D eigenvalue weighted by atomic mass is 16.5. The van der Waals surface area contributed by atoms with Gasteiger partial charge in [0.15, 0.2) is 5.82 Å². The van der Waals surface area contributed by atoms with Crippen LogP contribution in [0, 0.1) is 10.8 Å². The molecule has 7 heteroatoms. The van der Waals surface area contributed by atoms with E-state index in [2.05, 4.69) is 35.8 Å². The Balaban J connectivity index is 1.73. The van der Waals surface area contributed by atoms with Gasteiger partial charge in [-0.25, -0.2) is 14.5 Å². The van der Waals surface area contributed by atoms with Crippen molar-refractivity contribution in [3.63, 3.8) is 0 Å². The molecule has 0 bridgehead atoms. The van der Waals surface area contributed by atoms with Gasteiger partial charge < -0.3 is 4.74 Å². The molecule has 1 saturated carbocycles. The lowest BCUT2D eigenvalue weighted by atomic mass is 9.76. The van der Waals surface area contributed by atoms with Gasteiger partial charge in [-0.3, -0.25) is 4.57 Å². The molecule has 1 aliphatic carbocycles. The largest absolute Gasteiger partial charge is 0.353 e. The van der Waals surface area contributed by atoms with Crippen molar-refractivity contribution in [3.8, 4) is 5.82 Å². The minimum atomic E-state index is -0.328. The third-order valence-electron chi connectivity index (χ3n) is 5.26. The lowest BCUT2D eigenvalue weighted by Crippen LogP contribution is -2.37. The molecule has 1 saturated heterocycles. The summed E-state index contributed by atoms with van der Waals surface area (Å²) >= 11 is 0.